The Hall–Kier alpha value is -2.20. The van der Waals surface area contributed by atoms with Gasteiger partial charge in [-0.3, -0.25) is 9.69 Å². The topological polar surface area (TPSA) is 36.4 Å². The van der Waals surface area contributed by atoms with Crippen LogP contribution < -0.4 is 4.90 Å². The zero-order chi connectivity index (χ0) is 14.5. The zero-order valence-electron chi connectivity index (χ0n) is 12.0. The summed E-state index contributed by atoms with van der Waals surface area (Å²) in [5.74, 6) is 1.06. The highest BCUT2D eigenvalue weighted by molar-refractivity contribution is 5.74. The van der Waals surface area contributed by atoms with Gasteiger partial charge in [0.05, 0.1) is 0 Å². The largest absolute Gasteiger partial charge is 0.354 e. The van der Waals surface area contributed by atoms with Crippen molar-refractivity contribution in [2.24, 2.45) is 0 Å². The predicted molar refractivity (Wildman–Crippen MR) is 83.6 cm³/mol. The van der Waals surface area contributed by atoms with E-state index in [2.05, 4.69) is 26.9 Å². The lowest BCUT2D eigenvalue weighted by molar-refractivity contribution is 0.112. The van der Waals surface area contributed by atoms with Crippen LogP contribution in [0.2, 0.25) is 0 Å². The maximum Gasteiger partial charge on any atom is 0.150 e. The third-order valence-electron chi connectivity index (χ3n) is 3.84. The summed E-state index contributed by atoms with van der Waals surface area (Å²) in [5.41, 5.74) is 1.95. The van der Waals surface area contributed by atoms with E-state index in [1.54, 1.807) is 0 Å². The highest BCUT2D eigenvalue weighted by Crippen LogP contribution is 2.14. The number of pyridine rings is 1. The van der Waals surface area contributed by atoms with Gasteiger partial charge in [0.25, 0.3) is 0 Å². The van der Waals surface area contributed by atoms with Gasteiger partial charge in [-0.25, -0.2) is 4.98 Å². The van der Waals surface area contributed by atoms with Crippen LogP contribution >= 0.6 is 0 Å². The molecule has 2 heterocycles. The van der Waals surface area contributed by atoms with Crippen LogP contribution in [0, 0.1) is 0 Å². The van der Waals surface area contributed by atoms with E-state index < -0.39 is 0 Å². The minimum Gasteiger partial charge on any atom is -0.354 e. The van der Waals surface area contributed by atoms with E-state index in [0.717, 1.165) is 50.4 Å². The Balaban J connectivity index is 1.57. The lowest BCUT2D eigenvalue weighted by Gasteiger charge is -2.35. The van der Waals surface area contributed by atoms with Gasteiger partial charge in [0.1, 0.15) is 12.1 Å². The molecule has 0 amide bonds. The third kappa shape index (κ3) is 3.47. The molecular weight excluding hydrogens is 262 g/mol. The van der Waals surface area contributed by atoms with E-state index in [1.807, 2.05) is 36.5 Å². The fraction of sp³-hybridized carbons (Fsp3) is 0.294. The summed E-state index contributed by atoms with van der Waals surface area (Å²) in [6.07, 6.45) is 2.75. The molecular formula is C17H19N3O. The Labute approximate surface area is 125 Å². The molecule has 2 aromatic rings. The van der Waals surface area contributed by atoms with E-state index in [1.165, 1.54) is 5.56 Å². The van der Waals surface area contributed by atoms with Crippen molar-refractivity contribution < 1.29 is 4.79 Å². The van der Waals surface area contributed by atoms with Crippen molar-refractivity contribution in [1.82, 2.24) is 9.88 Å². The first-order valence-electron chi connectivity index (χ1n) is 7.27. The van der Waals surface area contributed by atoms with Crippen molar-refractivity contribution in [1.29, 1.82) is 0 Å². The number of aromatic nitrogens is 1. The Morgan fingerprint density at radius 3 is 2.62 bits per heavy atom. The average molecular weight is 281 g/mol. The first kappa shape index (κ1) is 13.8. The number of carbonyl (C=O) groups excluding carboxylic acids is 1. The van der Waals surface area contributed by atoms with Crippen molar-refractivity contribution in [2.75, 3.05) is 31.1 Å². The number of carbonyl (C=O) groups is 1. The second-order valence-corrected chi connectivity index (χ2v) is 5.31. The molecule has 1 aromatic heterocycles. The summed E-state index contributed by atoms with van der Waals surface area (Å²) in [6, 6.07) is 13.9. The standard InChI is InChI=1S/C17H19N3O/c21-14-16-5-3-4-15(12-16)13-19-8-10-20(11-9-19)17-6-1-2-7-18-17/h1-7,12,14H,8-11,13H2. The van der Waals surface area contributed by atoms with E-state index >= 15 is 0 Å². The third-order valence-corrected chi connectivity index (χ3v) is 3.84. The number of aldehydes is 1. The van der Waals surface area contributed by atoms with Crippen molar-refractivity contribution in [2.45, 2.75) is 6.54 Å². The quantitative estimate of drug-likeness (QED) is 0.805. The summed E-state index contributed by atoms with van der Waals surface area (Å²) < 4.78 is 0. The van der Waals surface area contributed by atoms with E-state index in [4.69, 9.17) is 0 Å². The fourth-order valence-corrected chi connectivity index (χ4v) is 2.70. The highest BCUT2D eigenvalue weighted by atomic mass is 16.1. The normalized spacial score (nSPS) is 15.9. The van der Waals surface area contributed by atoms with E-state index in [9.17, 15) is 4.79 Å². The number of hydrogen-bond acceptors (Lipinski definition) is 4. The molecule has 0 spiro atoms. The smallest absolute Gasteiger partial charge is 0.150 e. The molecule has 0 unspecified atom stereocenters. The minimum atomic E-state index is 0.750. The molecule has 1 aliphatic heterocycles. The summed E-state index contributed by atoms with van der Waals surface area (Å²) >= 11 is 0. The molecule has 21 heavy (non-hydrogen) atoms. The summed E-state index contributed by atoms with van der Waals surface area (Å²) in [7, 11) is 0. The summed E-state index contributed by atoms with van der Waals surface area (Å²) in [6.45, 7) is 4.91. The second-order valence-electron chi connectivity index (χ2n) is 5.31. The minimum absolute atomic E-state index is 0.750. The molecule has 1 aromatic carbocycles. The van der Waals surface area contributed by atoms with Crippen LogP contribution in [0.15, 0.2) is 48.7 Å². The SMILES string of the molecule is O=Cc1cccc(CN2CCN(c3ccccn3)CC2)c1. The van der Waals surface area contributed by atoms with Crippen LogP contribution in [0.1, 0.15) is 15.9 Å². The van der Waals surface area contributed by atoms with E-state index in [0.29, 0.717) is 0 Å². The van der Waals surface area contributed by atoms with Crippen LogP contribution in [0.5, 0.6) is 0 Å². The molecule has 0 radical (unpaired) electrons. The first-order chi connectivity index (χ1) is 10.3. The first-order valence-corrected chi connectivity index (χ1v) is 7.27. The molecule has 1 saturated heterocycles. The van der Waals surface area contributed by atoms with Gasteiger partial charge in [-0.15, -0.1) is 0 Å². The predicted octanol–water partition coefficient (Wildman–Crippen LogP) is 2.22. The Kier molecular flexibility index (Phi) is 4.26. The number of nitrogens with zero attached hydrogens (tertiary/aromatic N) is 3. The fourth-order valence-electron chi connectivity index (χ4n) is 2.70. The van der Waals surface area contributed by atoms with Gasteiger partial charge < -0.3 is 4.90 Å². The van der Waals surface area contributed by atoms with Gasteiger partial charge in [-0.2, -0.15) is 0 Å². The Morgan fingerprint density at radius 1 is 1.05 bits per heavy atom. The molecule has 1 aliphatic rings. The Morgan fingerprint density at radius 2 is 1.90 bits per heavy atom. The average Bonchev–Trinajstić information content (AvgIpc) is 2.56. The van der Waals surface area contributed by atoms with Gasteiger partial charge in [-0.05, 0) is 23.8 Å². The lowest BCUT2D eigenvalue weighted by atomic mass is 10.1. The molecule has 3 rings (SSSR count). The number of rotatable bonds is 4. The molecule has 0 atom stereocenters. The number of piperazine rings is 1. The van der Waals surface area contributed by atoms with Gasteiger partial charge in [0.15, 0.2) is 0 Å². The molecule has 108 valence electrons. The number of anilines is 1. The van der Waals surface area contributed by atoms with Crippen LogP contribution in [0.25, 0.3) is 0 Å². The lowest BCUT2D eigenvalue weighted by Crippen LogP contribution is -2.46. The van der Waals surface area contributed by atoms with Crippen molar-refractivity contribution in [3.63, 3.8) is 0 Å². The maximum atomic E-state index is 10.8. The molecule has 4 heteroatoms. The molecule has 0 aliphatic carbocycles. The van der Waals surface area contributed by atoms with Crippen LogP contribution in [-0.4, -0.2) is 42.3 Å². The van der Waals surface area contributed by atoms with Crippen molar-refractivity contribution in [3.8, 4) is 0 Å². The summed E-state index contributed by atoms with van der Waals surface area (Å²) in [4.78, 5) is 20.0. The van der Waals surface area contributed by atoms with Gasteiger partial charge in [0, 0.05) is 44.5 Å². The monoisotopic (exact) mass is 281 g/mol. The van der Waals surface area contributed by atoms with Gasteiger partial charge >= 0.3 is 0 Å². The van der Waals surface area contributed by atoms with Crippen molar-refractivity contribution >= 4 is 12.1 Å². The molecule has 4 nitrogen and oxygen atoms in total. The number of benzene rings is 1. The van der Waals surface area contributed by atoms with Gasteiger partial charge in [0.2, 0.25) is 0 Å². The molecule has 0 N–H and O–H groups in total. The zero-order valence-corrected chi connectivity index (χ0v) is 12.0. The molecule has 0 saturated carbocycles. The summed E-state index contributed by atoms with van der Waals surface area (Å²) in [5, 5.41) is 0. The molecule has 1 fully saturated rings. The van der Waals surface area contributed by atoms with Crippen LogP contribution in [0.4, 0.5) is 5.82 Å². The van der Waals surface area contributed by atoms with Crippen molar-refractivity contribution in [3.05, 3.63) is 59.8 Å². The van der Waals surface area contributed by atoms with Crippen LogP contribution in [-0.2, 0) is 6.54 Å². The van der Waals surface area contributed by atoms with Gasteiger partial charge in [-0.1, -0.05) is 24.3 Å². The van der Waals surface area contributed by atoms with E-state index in [-0.39, 0.29) is 0 Å². The second kappa shape index (κ2) is 6.50. The molecule has 0 bridgehead atoms. The number of hydrogen-bond donors (Lipinski definition) is 0. The highest BCUT2D eigenvalue weighted by Gasteiger charge is 2.17. The Bertz CT molecular complexity index is 592. The van der Waals surface area contributed by atoms with Crippen LogP contribution in [0.3, 0.4) is 0 Å². The maximum absolute atomic E-state index is 10.8.